The summed E-state index contributed by atoms with van der Waals surface area (Å²) in [5.41, 5.74) is 12.1. The summed E-state index contributed by atoms with van der Waals surface area (Å²) in [6, 6.07) is 7.25. The number of anilines is 2. The van der Waals surface area contributed by atoms with E-state index in [2.05, 4.69) is 6.92 Å². The molecule has 0 spiro atoms. The molecule has 1 aromatic carbocycles. The molecule has 1 aromatic rings. The Morgan fingerprint density at radius 2 is 1.00 bits per heavy atom. The van der Waals surface area contributed by atoms with Gasteiger partial charge in [-0.05, 0) is 18.6 Å². The van der Waals surface area contributed by atoms with Gasteiger partial charge in [0.1, 0.15) is 0 Å². The highest BCUT2D eigenvalue weighted by atomic mass is 16.4. The zero-order valence-electron chi connectivity index (χ0n) is 18.1. The van der Waals surface area contributed by atoms with Gasteiger partial charge in [-0.3, -0.25) is 4.79 Å². The summed E-state index contributed by atoms with van der Waals surface area (Å²) >= 11 is 0. The lowest BCUT2D eigenvalue weighted by molar-refractivity contribution is -0.137. The van der Waals surface area contributed by atoms with Crippen LogP contribution in [0.5, 0.6) is 0 Å². The van der Waals surface area contributed by atoms with E-state index in [1.54, 1.807) is 12.1 Å². The van der Waals surface area contributed by atoms with Crippen molar-refractivity contribution in [1.82, 2.24) is 0 Å². The zero-order valence-corrected chi connectivity index (χ0v) is 18.1. The number of para-hydroxylation sites is 2. The molecule has 0 atom stereocenters. The molecule has 0 fully saturated rings. The quantitative estimate of drug-likeness (QED) is 0.205. The van der Waals surface area contributed by atoms with Crippen LogP contribution in [0, 0.1) is 0 Å². The molecule has 4 nitrogen and oxygen atoms in total. The highest BCUT2D eigenvalue weighted by Crippen LogP contribution is 2.13. The molecule has 0 bridgehead atoms. The molecule has 0 saturated heterocycles. The topological polar surface area (TPSA) is 89.3 Å². The Balaban J connectivity index is 0.000000749. The van der Waals surface area contributed by atoms with Crippen LogP contribution in [0.15, 0.2) is 24.3 Å². The van der Waals surface area contributed by atoms with Crippen molar-refractivity contribution < 1.29 is 9.90 Å². The maximum absolute atomic E-state index is 10.3. The summed E-state index contributed by atoms with van der Waals surface area (Å²) in [7, 11) is 0. The van der Waals surface area contributed by atoms with Crippen molar-refractivity contribution in [2.75, 3.05) is 11.5 Å². The minimum Gasteiger partial charge on any atom is -0.481 e. The maximum Gasteiger partial charge on any atom is 0.303 e. The number of carboxylic acid groups (broad SMARTS) is 1. The predicted octanol–water partition coefficient (Wildman–Crippen LogP) is 7.18. The Bertz CT molecular complexity index is 456. The molecular formula is C24H44N2O2. The van der Waals surface area contributed by atoms with E-state index >= 15 is 0 Å². The molecule has 162 valence electrons. The Morgan fingerprint density at radius 3 is 1.29 bits per heavy atom. The molecule has 5 N–H and O–H groups in total. The fraction of sp³-hybridized carbons (Fsp3) is 0.708. The number of hydrogen-bond donors (Lipinski definition) is 3. The van der Waals surface area contributed by atoms with Gasteiger partial charge in [-0.1, -0.05) is 109 Å². The van der Waals surface area contributed by atoms with Crippen LogP contribution in [0.2, 0.25) is 0 Å². The summed E-state index contributed by atoms with van der Waals surface area (Å²) in [5.74, 6) is -0.653. The van der Waals surface area contributed by atoms with Gasteiger partial charge in [-0.25, -0.2) is 0 Å². The second-order valence-corrected chi connectivity index (χ2v) is 7.72. The average Bonchev–Trinajstić information content (AvgIpc) is 2.67. The number of carboxylic acids is 1. The molecule has 0 aromatic heterocycles. The van der Waals surface area contributed by atoms with E-state index in [0.29, 0.717) is 17.8 Å². The van der Waals surface area contributed by atoms with E-state index < -0.39 is 5.97 Å². The van der Waals surface area contributed by atoms with Crippen molar-refractivity contribution in [3.8, 4) is 0 Å². The Morgan fingerprint density at radius 1 is 0.679 bits per heavy atom. The molecule has 0 aliphatic heterocycles. The van der Waals surface area contributed by atoms with Crippen LogP contribution in [0.3, 0.4) is 0 Å². The lowest BCUT2D eigenvalue weighted by atomic mass is 10.0. The van der Waals surface area contributed by atoms with Crippen molar-refractivity contribution in [3.63, 3.8) is 0 Å². The van der Waals surface area contributed by atoms with Gasteiger partial charge < -0.3 is 16.6 Å². The monoisotopic (exact) mass is 392 g/mol. The summed E-state index contributed by atoms with van der Waals surface area (Å²) in [6.45, 7) is 2.27. The van der Waals surface area contributed by atoms with Gasteiger partial charge in [0, 0.05) is 6.42 Å². The number of rotatable bonds is 16. The molecule has 1 rings (SSSR count). The second-order valence-electron chi connectivity index (χ2n) is 7.72. The number of benzene rings is 1. The zero-order chi connectivity index (χ0) is 20.9. The first-order valence-electron chi connectivity index (χ1n) is 11.4. The van der Waals surface area contributed by atoms with Crippen LogP contribution in [0.25, 0.3) is 0 Å². The summed E-state index contributed by atoms with van der Waals surface area (Å²) in [6.07, 6.45) is 20.2. The molecule has 28 heavy (non-hydrogen) atoms. The van der Waals surface area contributed by atoms with Crippen LogP contribution < -0.4 is 11.5 Å². The first kappa shape index (κ1) is 26.3. The van der Waals surface area contributed by atoms with Crippen molar-refractivity contribution in [1.29, 1.82) is 0 Å². The van der Waals surface area contributed by atoms with Gasteiger partial charge in [0.05, 0.1) is 11.4 Å². The molecular weight excluding hydrogens is 348 g/mol. The third kappa shape index (κ3) is 19.1. The lowest BCUT2D eigenvalue weighted by Crippen LogP contribution is -1.93. The number of carbonyl (C=O) groups is 1. The highest BCUT2D eigenvalue weighted by Gasteiger charge is 1.97. The van der Waals surface area contributed by atoms with Crippen LogP contribution in [0.4, 0.5) is 11.4 Å². The lowest BCUT2D eigenvalue weighted by Gasteiger charge is -2.03. The Hall–Kier alpha value is -1.71. The molecule has 0 aliphatic rings. The highest BCUT2D eigenvalue weighted by molar-refractivity contribution is 5.66. The molecule has 0 unspecified atom stereocenters. The number of unbranched alkanes of at least 4 members (excludes halogenated alkanes) is 14. The van der Waals surface area contributed by atoms with Crippen molar-refractivity contribution in [2.24, 2.45) is 0 Å². The largest absolute Gasteiger partial charge is 0.481 e. The van der Waals surface area contributed by atoms with Gasteiger partial charge >= 0.3 is 5.97 Å². The first-order chi connectivity index (χ1) is 13.6. The fourth-order valence-electron chi connectivity index (χ4n) is 3.16. The Kier molecular flexibility index (Phi) is 18.8. The first-order valence-corrected chi connectivity index (χ1v) is 11.4. The number of aliphatic carboxylic acids is 1. The van der Waals surface area contributed by atoms with Gasteiger partial charge in [0.25, 0.3) is 0 Å². The molecule has 0 saturated carbocycles. The van der Waals surface area contributed by atoms with Crippen molar-refractivity contribution in [2.45, 2.75) is 110 Å². The van der Waals surface area contributed by atoms with Crippen LogP contribution in [-0.2, 0) is 4.79 Å². The molecule has 0 amide bonds. The third-order valence-electron chi connectivity index (χ3n) is 4.99. The molecule has 0 aliphatic carbocycles. The minimum absolute atomic E-state index is 0.345. The fourth-order valence-corrected chi connectivity index (χ4v) is 3.16. The van der Waals surface area contributed by atoms with E-state index in [4.69, 9.17) is 16.6 Å². The van der Waals surface area contributed by atoms with Crippen molar-refractivity contribution in [3.05, 3.63) is 24.3 Å². The van der Waals surface area contributed by atoms with Gasteiger partial charge in [0.15, 0.2) is 0 Å². The van der Waals surface area contributed by atoms with E-state index in [-0.39, 0.29) is 0 Å². The number of nitrogen functional groups attached to an aromatic ring is 2. The van der Waals surface area contributed by atoms with E-state index in [1.807, 2.05) is 12.1 Å². The standard InChI is InChI=1S/C18H36O2.C6H8N2/c1-2-3-4-5-6-7-8-9-10-11-12-13-14-15-16-17-18(19)20;7-5-3-1-2-4-6(5)8/h2-17H2,1H3,(H,19,20);1-4H,7-8H2. The molecule has 0 heterocycles. The smallest absolute Gasteiger partial charge is 0.303 e. The SMILES string of the molecule is CCCCCCCCCCCCCCCCCC(=O)O.Nc1ccccc1N. The second kappa shape index (κ2) is 20.0. The number of nitrogens with two attached hydrogens (primary N) is 2. The van der Waals surface area contributed by atoms with Crippen molar-refractivity contribution >= 4 is 17.3 Å². The maximum atomic E-state index is 10.3. The predicted molar refractivity (Wildman–Crippen MR) is 122 cm³/mol. The summed E-state index contributed by atoms with van der Waals surface area (Å²) in [4.78, 5) is 10.3. The van der Waals surface area contributed by atoms with Gasteiger partial charge in [0.2, 0.25) is 0 Å². The minimum atomic E-state index is -0.653. The third-order valence-corrected chi connectivity index (χ3v) is 4.99. The number of hydrogen-bond acceptors (Lipinski definition) is 3. The molecule has 0 radical (unpaired) electrons. The summed E-state index contributed by atoms with van der Waals surface area (Å²) in [5, 5.41) is 8.52. The van der Waals surface area contributed by atoms with E-state index in [1.165, 1.54) is 83.5 Å². The van der Waals surface area contributed by atoms with Crippen LogP contribution in [-0.4, -0.2) is 11.1 Å². The average molecular weight is 393 g/mol. The van der Waals surface area contributed by atoms with E-state index in [9.17, 15) is 4.79 Å². The van der Waals surface area contributed by atoms with Crippen LogP contribution >= 0.6 is 0 Å². The summed E-state index contributed by atoms with van der Waals surface area (Å²) < 4.78 is 0. The normalized spacial score (nSPS) is 10.3. The van der Waals surface area contributed by atoms with E-state index in [0.717, 1.165) is 12.8 Å². The molecule has 4 heteroatoms. The van der Waals surface area contributed by atoms with Crippen LogP contribution in [0.1, 0.15) is 110 Å². The van der Waals surface area contributed by atoms with Gasteiger partial charge in [-0.15, -0.1) is 0 Å². The Labute approximate surface area is 173 Å². The van der Waals surface area contributed by atoms with Gasteiger partial charge in [-0.2, -0.15) is 0 Å².